The van der Waals surface area contributed by atoms with Crippen LogP contribution in [0.5, 0.6) is 0 Å². The lowest BCUT2D eigenvalue weighted by Gasteiger charge is -2.15. The summed E-state index contributed by atoms with van der Waals surface area (Å²) in [5.41, 5.74) is 6.02. The lowest BCUT2D eigenvalue weighted by atomic mass is 10.0. The van der Waals surface area contributed by atoms with Gasteiger partial charge in [0.05, 0.1) is 29.5 Å². The minimum atomic E-state index is -0.364. The van der Waals surface area contributed by atoms with Gasteiger partial charge >= 0.3 is 0 Å². The van der Waals surface area contributed by atoms with E-state index in [4.69, 9.17) is 4.42 Å². The smallest absolute Gasteiger partial charge is 0.266 e. The van der Waals surface area contributed by atoms with Crippen LogP contribution >= 0.6 is 0 Å². The average molecular weight is 436 g/mol. The lowest BCUT2D eigenvalue weighted by molar-refractivity contribution is -0.115. The van der Waals surface area contributed by atoms with Gasteiger partial charge in [-0.3, -0.25) is 14.4 Å². The highest BCUT2D eigenvalue weighted by molar-refractivity contribution is 6.34. The zero-order valence-electron chi connectivity index (χ0n) is 17.8. The monoisotopic (exact) mass is 436 g/mol. The number of hydrogen-bond donors (Lipinski definition) is 1. The molecule has 1 aromatic heterocycles. The van der Waals surface area contributed by atoms with Crippen molar-refractivity contribution in [1.29, 1.82) is 0 Å². The molecule has 3 aromatic carbocycles. The summed E-state index contributed by atoms with van der Waals surface area (Å²) < 4.78 is 5.70. The van der Waals surface area contributed by atoms with E-state index in [1.54, 1.807) is 54.8 Å². The van der Waals surface area contributed by atoms with Crippen molar-refractivity contribution in [2.24, 2.45) is 0 Å². The summed E-state index contributed by atoms with van der Waals surface area (Å²) in [5, 5.41) is 3.86. The van der Waals surface area contributed by atoms with E-state index in [0.29, 0.717) is 22.5 Å². The average Bonchev–Trinajstić information content (AvgIpc) is 3.50. The van der Waals surface area contributed by atoms with Crippen LogP contribution in [0.1, 0.15) is 43.8 Å². The highest BCUT2D eigenvalue weighted by atomic mass is 16.3. The zero-order valence-corrected chi connectivity index (χ0v) is 17.8. The molecule has 0 bridgehead atoms. The first-order chi connectivity index (χ1) is 16.1. The van der Waals surface area contributed by atoms with Crippen molar-refractivity contribution in [2.75, 3.05) is 10.2 Å². The first kappa shape index (κ1) is 19.5. The minimum Gasteiger partial charge on any atom is -0.464 e. The fourth-order valence-corrected chi connectivity index (χ4v) is 4.81. The SMILES string of the molecule is O=C(Cc1coc2cc3c(cc12)CCC3)Nc1cccc(N2C(=O)c3ccccc3C2=O)c1. The van der Waals surface area contributed by atoms with Gasteiger partial charge in [0.2, 0.25) is 5.91 Å². The zero-order chi connectivity index (χ0) is 22.5. The van der Waals surface area contributed by atoms with Crippen LogP contribution in [0, 0.1) is 0 Å². The molecule has 3 amide bonds. The molecule has 2 heterocycles. The largest absolute Gasteiger partial charge is 0.464 e. The van der Waals surface area contributed by atoms with Crippen LogP contribution in [-0.2, 0) is 24.1 Å². The summed E-state index contributed by atoms with van der Waals surface area (Å²) >= 11 is 0. The highest BCUT2D eigenvalue weighted by Gasteiger charge is 2.36. The quantitative estimate of drug-likeness (QED) is 0.462. The molecule has 2 aliphatic rings. The second-order valence-electron chi connectivity index (χ2n) is 8.50. The van der Waals surface area contributed by atoms with Crippen LogP contribution in [0.15, 0.2) is 71.3 Å². The fraction of sp³-hybridized carbons (Fsp3) is 0.148. The molecule has 0 fully saturated rings. The van der Waals surface area contributed by atoms with Gasteiger partial charge < -0.3 is 9.73 Å². The molecule has 0 atom stereocenters. The first-order valence-electron chi connectivity index (χ1n) is 11.0. The Morgan fingerprint density at radius 2 is 1.64 bits per heavy atom. The third kappa shape index (κ3) is 3.22. The van der Waals surface area contributed by atoms with Crippen LogP contribution in [-0.4, -0.2) is 17.7 Å². The number of carbonyl (C=O) groups is 3. The molecule has 1 N–H and O–H groups in total. The molecule has 6 heteroatoms. The molecule has 0 unspecified atom stereocenters. The number of aryl methyl sites for hydroxylation is 2. The van der Waals surface area contributed by atoms with E-state index in [1.807, 2.05) is 0 Å². The Kier molecular flexibility index (Phi) is 4.40. The standard InChI is InChI=1S/C27H20N2O4/c30-25(13-18-15-33-24-12-17-6-3-5-16(17)11-23(18)24)28-19-7-4-8-20(14-19)29-26(31)21-9-1-2-10-22(21)27(29)32/h1-2,4,7-12,14-15H,3,5-6,13H2,(H,28,30). The van der Waals surface area contributed by atoms with Crippen molar-refractivity contribution in [2.45, 2.75) is 25.7 Å². The number of hydrogen-bond acceptors (Lipinski definition) is 4. The van der Waals surface area contributed by atoms with Crippen LogP contribution in [0.25, 0.3) is 11.0 Å². The maximum Gasteiger partial charge on any atom is 0.266 e. The number of carbonyl (C=O) groups excluding carboxylic acids is 3. The number of fused-ring (bicyclic) bond motifs is 3. The number of benzene rings is 3. The summed E-state index contributed by atoms with van der Waals surface area (Å²) in [6.45, 7) is 0. The van der Waals surface area contributed by atoms with E-state index in [2.05, 4.69) is 17.4 Å². The predicted octanol–water partition coefficient (Wildman–Crippen LogP) is 4.90. The van der Waals surface area contributed by atoms with Gasteiger partial charge in [0, 0.05) is 16.6 Å². The third-order valence-electron chi connectivity index (χ3n) is 6.40. The molecule has 1 aliphatic heterocycles. The van der Waals surface area contributed by atoms with E-state index in [0.717, 1.165) is 40.7 Å². The summed E-state index contributed by atoms with van der Waals surface area (Å²) in [5.74, 6) is -0.925. The molecular formula is C27H20N2O4. The molecule has 6 rings (SSSR count). The molecule has 0 radical (unpaired) electrons. The van der Waals surface area contributed by atoms with Gasteiger partial charge in [-0.1, -0.05) is 18.2 Å². The van der Waals surface area contributed by atoms with E-state index in [9.17, 15) is 14.4 Å². The second kappa shape index (κ2) is 7.45. The van der Waals surface area contributed by atoms with Crippen LogP contribution in [0.4, 0.5) is 11.4 Å². The van der Waals surface area contributed by atoms with Crippen molar-refractivity contribution in [3.8, 4) is 0 Å². The predicted molar refractivity (Wildman–Crippen MR) is 125 cm³/mol. The molecule has 0 saturated heterocycles. The van der Waals surface area contributed by atoms with Crippen molar-refractivity contribution in [3.63, 3.8) is 0 Å². The van der Waals surface area contributed by atoms with Crippen molar-refractivity contribution in [1.82, 2.24) is 0 Å². The summed E-state index contributed by atoms with van der Waals surface area (Å²) in [7, 11) is 0. The maximum absolute atomic E-state index is 12.8. The molecule has 0 spiro atoms. The second-order valence-corrected chi connectivity index (χ2v) is 8.50. The fourth-order valence-electron chi connectivity index (χ4n) is 4.81. The first-order valence-corrected chi connectivity index (χ1v) is 11.0. The molecule has 33 heavy (non-hydrogen) atoms. The molecule has 6 nitrogen and oxygen atoms in total. The Hall–Kier alpha value is -4.19. The van der Waals surface area contributed by atoms with E-state index in [1.165, 1.54) is 11.1 Å². The Bertz CT molecular complexity index is 1430. The number of rotatable bonds is 4. The molecule has 4 aromatic rings. The maximum atomic E-state index is 12.8. The van der Waals surface area contributed by atoms with Gasteiger partial charge in [0.15, 0.2) is 0 Å². The molecule has 1 aliphatic carbocycles. The van der Waals surface area contributed by atoms with Crippen LogP contribution < -0.4 is 10.2 Å². The Morgan fingerprint density at radius 3 is 2.39 bits per heavy atom. The summed E-state index contributed by atoms with van der Waals surface area (Å²) in [4.78, 5) is 39.5. The summed E-state index contributed by atoms with van der Waals surface area (Å²) in [6.07, 6.45) is 5.11. The third-order valence-corrected chi connectivity index (χ3v) is 6.40. The van der Waals surface area contributed by atoms with E-state index < -0.39 is 0 Å². The number of imide groups is 1. The van der Waals surface area contributed by atoms with E-state index >= 15 is 0 Å². The summed E-state index contributed by atoms with van der Waals surface area (Å²) in [6, 6.07) is 17.8. The van der Waals surface area contributed by atoms with Gasteiger partial charge in [-0.15, -0.1) is 0 Å². The van der Waals surface area contributed by atoms with Gasteiger partial charge in [-0.25, -0.2) is 4.90 Å². The van der Waals surface area contributed by atoms with Gasteiger partial charge in [-0.2, -0.15) is 0 Å². The van der Waals surface area contributed by atoms with Crippen molar-refractivity contribution in [3.05, 3.63) is 94.7 Å². The number of nitrogens with zero attached hydrogens (tertiary/aromatic N) is 1. The normalized spacial score (nSPS) is 14.6. The Morgan fingerprint density at radius 1 is 0.909 bits per heavy atom. The number of nitrogens with one attached hydrogen (secondary N) is 1. The van der Waals surface area contributed by atoms with Crippen LogP contribution in [0.3, 0.4) is 0 Å². The van der Waals surface area contributed by atoms with Crippen molar-refractivity contribution < 1.29 is 18.8 Å². The van der Waals surface area contributed by atoms with E-state index in [-0.39, 0.29) is 24.1 Å². The van der Waals surface area contributed by atoms with Crippen LogP contribution in [0.2, 0.25) is 0 Å². The van der Waals surface area contributed by atoms with Crippen molar-refractivity contribution >= 4 is 40.1 Å². The molecular weight excluding hydrogens is 416 g/mol. The van der Waals surface area contributed by atoms with Gasteiger partial charge in [0.25, 0.3) is 11.8 Å². The number of furan rings is 1. The number of anilines is 2. The van der Waals surface area contributed by atoms with Gasteiger partial charge in [-0.05, 0) is 72.9 Å². The molecule has 162 valence electrons. The lowest BCUT2D eigenvalue weighted by Crippen LogP contribution is -2.29. The highest BCUT2D eigenvalue weighted by Crippen LogP contribution is 2.32. The van der Waals surface area contributed by atoms with Gasteiger partial charge in [0.1, 0.15) is 5.58 Å². The minimum absolute atomic E-state index is 0.170. The Balaban J connectivity index is 1.22. The number of amides is 3. The topological polar surface area (TPSA) is 79.6 Å². The Labute approximate surface area is 189 Å². The molecule has 0 saturated carbocycles.